The van der Waals surface area contributed by atoms with Gasteiger partial charge >= 0.3 is 0 Å². The molecule has 2 aliphatic carbocycles. The molecule has 3 rings (SSSR count). The highest BCUT2D eigenvalue weighted by Gasteiger charge is 2.28. The molecule has 0 bridgehead atoms. The summed E-state index contributed by atoms with van der Waals surface area (Å²) in [6, 6.07) is 7.47. The average molecular weight is 336 g/mol. The lowest BCUT2D eigenvalue weighted by Crippen LogP contribution is -2.42. The van der Waals surface area contributed by atoms with E-state index in [4.69, 9.17) is 0 Å². The Morgan fingerprint density at radius 2 is 2.00 bits per heavy atom. The fourth-order valence-corrected chi connectivity index (χ4v) is 4.28. The van der Waals surface area contributed by atoms with Crippen LogP contribution >= 0.6 is 15.9 Å². The number of halogens is 1. The van der Waals surface area contributed by atoms with Gasteiger partial charge in [0.1, 0.15) is 0 Å². The van der Waals surface area contributed by atoms with E-state index in [0.717, 1.165) is 0 Å². The summed E-state index contributed by atoms with van der Waals surface area (Å²) in [7, 11) is 0. The summed E-state index contributed by atoms with van der Waals surface area (Å²) in [5, 5.41) is 3.88. The Morgan fingerprint density at radius 1 is 1.20 bits per heavy atom. The molecule has 0 aliphatic heterocycles. The summed E-state index contributed by atoms with van der Waals surface area (Å²) in [4.78, 5) is 0. The van der Waals surface area contributed by atoms with Gasteiger partial charge in [0.2, 0.25) is 0 Å². The standard InChI is InChI=1S/C18H26BrN/c1-18(9-3-2-4-10-18)13-20-17-8-6-14-11-16(19)7-5-15(14)12-17/h5,7,11,17,20H,2-4,6,8-10,12-13H2,1H3. The summed E-state index contributed by atoms with van der Waals surface area (Å²) in [5.41, 5.74) is 3.64. The molecule has 1 saturated carbocycles. The highest BCUT2D eigenvalue weighted by atomic mass is 79.9. The lowest BCUT2D eigenvalue weighted by atomic mass is 9.75. The lowest BCUT2D eigenvalue weighted by molar-refractivity contribution is 0.197. The summed E-state index contributed by atoms with van der Waals surface area (Å²) in [6.45, 7) is 3.69. The van der Waals surface area contributed by atoms with E-state index in [1.807, 2.05) is 0 Å². The molecule has 110 valence electrons. The zero-order valence-corrected chi connectivity index (χ0v) is 14.1. The van der Waals surface area contributed by atoms with Gasteiger partial charge in [0.25, 0.3) is 0 Å². The molecule has 0 amide bonds. The van der Waals surface area contributed by atoms with Crippen LogP contribution in [0.15, 0.2) is 22.7 Å². The maximum Gasteiger partial charge on any atom is 0.0178 e. The SMILES string of the molecule is CC1(CNC2CCc3cc(Br)ccc3C2)CCCCC1. The van der Waals surface area contributed by atoms with Crippen LogP contribution in [-0.2, 0) is 12.8 Å². The molecule has 0 radical (unpaired) electrons. The number of hydrogen-bond acceptors (Lipinski definition) is 1. The quantitative estimate of drug-likeness (QED) is 0.831. The predicted molar refractivity (Wildman–Crippen MR) is 89.1 cm³/mol. The third kappa shape index (κ3) is 3.46. The second-order valence-electron chi connectivity index (χ2n) is 7.10. The fourth-order valence-electron chi connectivity index (χ4n) is 3.87. The third-order valence-electron chi connectivity index (χ3n) is 5.27. The van der Waals surface area contributed by atoms with Crippen LogP contribution in [0.5, 0.6) is 0 Å². The van der Waals surface area contributed by atoms with Crippen molar-refractivity contribution in [3.05, 3.63) is 33.8 Å². The third-order valence-corrected chi connectivity index (χ3v) is 5.77. The van der Waals surface area contributed by atoms with Gasteiger partial charge in [0.15, 0.2) is 0 Å². The van der Waals surface area contributed by atoms with Gasteiger partial charge in [-0.2, -0.15) is 0 Å². The van der Waals surface area contributed by atoms with Crippen LogP contribution in [0.4, 0.5) is 0 Å². The van der Waals surface area contributed by atoms with Crippen LogP contribution in [0, 0.1) is 5.41 Å². The van der Waals surface area contributed by atoms with Gasteiger partial charge in [0, 0.05) is 17.1 Å². The molecule has 2 heteroatoms. The Labute approximate surface area is 131 Å². The molecular formula is C18H26BrN. The largest absolute Gasteiger partial charge is 0.313 e. The normalized spacial score (nSPS) is 25.2. The molecule has 0 aromatic heterocycles. The van der Waals surface area contributed by atoms with Crippen molar-refractivity contribution in [1.82, 2.24) is 5.32 Å². The molecule has 1 unspecified atom stereocenters. The first-order valence-corrected chi connectivity index (χ1v) is 8.95. The van der Waals surface area contributed by atoms with Crippen molar-refractivity contribution in [3.63, 3.8) is 0 Å². The molecule has 0 spiro atoms. The first-order valence-electron chi connectivity index (χ1n) is 8.15. The van der Waals surface area contributed by atoms with Crippen LogP contribution in [-0.4, -0.2) is 12.6 Å². The number of rotatable bonds is 3. The number of benzene rings is 1. The van der Waals surface area contributed by atoms with Gasteiger partial charge in [-0.15, -0.1) is 0 Å². The van der Waals surface area contributed by atoms with E-state index in [1.54, 1.807) is 11.1 Å². The van der Waals surface area contributed by atoms with E-state index in [1.165, 1.54) is 62.4 Å². The molecular weight excluding hydrogens is 310 g/mol. The fraction of sp³-hybridized carbons (Fsp3) is 0.667. The second kappa shape index (κ2) is 6.19. The molecule has 0 heterocycles. The van der Waals surface area contributed by atoms with Crippen molar-refractivity contribution in [2.24, 2.45) is 5.41 Å². The second-order valence-corrected chi connectivity index (χ2v) is 8.02. The molecule has 1 aromatic rings. The Balaban J connectivity index is 1.56. The number of hydrogen-bond donors (Lipinski definition) is 1. The Hall–Kier alpha value is -0.340. The summed E-state index contributed by atoms with van der Waals surface area (Å²) in [6.07, 6.45) is 10.9. The smallest absolute Gasteiger partial charge is 0.0178 e. The van der Waals surface area contributed by atoms with Crippen molar-refractivity contribution in [3.8, 4) is 0 Å². The van der Waals surface area contributed by atoms with E-state index in [0.29, 0.717) is 11.5 Å². The predicted octanol–water partition coefficient (Wildman–Crippen LogP) is 4.87. The van der Waals surface area contributed by atoms with Crippen molar-refractivity contribution in [2.75, 3.05) is 6.54 Å². The molecule has 0 saturated heterocycles. The Bertz CT molecular complexity index is 462. The van der Waals surface area contributed by atoms with Crippen LogP contribution < -0.4 is 5.32 Å². The van der Waals surface area contributed by atoms with Crippen LogP contribution in [0.1, 0.15) is 56.6 Å². The van der Waals surface area contributed by atoms with Crippen LogP contribution in [0.3, 0.4) is 0 Å². The molecule has 1 atom stereocenters. The van der Waals surface area contributed by atoms with Crippen LogP contribution in [0.2, 0.25) is 0 Å². The number of nitrogens with one attached hydrogen (secondary N) is 1. The topological polar surface area (TPSA) is 12.0 Å². The van der Waals surface area contributed by atoms with E-state index < -0.39 is 0 Å². The van der Waals surface area contributed by atoms with Gasteiger partial charge in [-0.1, -0.05) is 48.2 Å². The van der Waals surface area contributed by atoms with Crippen molar-refractivity contribution in [2.45, 2.75) is 64.3 Å². The zero-order chi connectivity index (χ0) is 14.0. The maximum atomic E-state index is 3.88. The average Bonchev–Trinajstić information content (AvgIpc) is 2.46. The first-order chi connectivity index (χ1) is 9.65. The Kier molecular flexibility index (Phi) is 4.52. The summed E-state index contributed by atoms with van der Waals surface area (Å²) in [5.74, 6) is 0. The van der Waals surface area contributed by atoms with Gasteiger partial charge < -0.3 is 5.32 Å². The molecule has 1 N–H and O–H groups in total. The van der Waals surface area contributed by atoms with E-state index in [2.05, 4.69) is 46.4 Å². The highest BCUT2D eigenvalue weighted by Crippen LogP contribution is 2.35. The van der Waals surface area contributed by atoms with Gasteiger partial charge in [-0.3, -0.25) is 0 Å². The minimum absolute atomic E-state index is 0.554. The van der Waals surface area contributed by atoms with Gasteiger partial charge in [-0.25, -0.2) is 0 Å². The monoisotopic (exact) mass is 335 g/mol. The highest BCUT2D eigenvalue weighted by molar-refractivity contribution is 9.10. The zero-order valence-electron chi connectivity index (χ0n) is 12.6. The molecule has 1 aromatic carbocycles. The molecule has 1 nitrogen and oxygen atoms in total. The number of fused-ring (bicyclic) bond motifs is 1. The van der Waals surface area contributed by atoms with Crippen molar-refractivity contribution < 1.29 is 0 Å². The maximum absolute atomic E-state index is 3.88. The van der Waals surface area contributed by atoms with E-state index in [9.17, 15) is 0 Å². The molecule has 20 heavy (non-hydrogen) atoms. The van der Waals surface area contributed by atoms with Crippen LogP contribution in [0.25, 0.3) is 0 Å². The van der Waals surface area contributed by atoms with Crippen molar-refractivity contribution >= 4 is 15.9 Å². The minimum atomic E-state index is 0.554. The first kappa shape index (κ1) is 14.6. The summed E-state index contributed by atoms with van der Waals surface area (Å²) >= 11 is 3.58. The summed E-state index contributed by atoms with van der Waals surface area (Å²) < 4.78 is 1.22. The number of aryl methyl sites for hydroxylation is 1. The van der Waals surface area contributed by atoms with E-state index >= 15 is 0 Å². The lowest BCUT2D eigenvalue weighted by Gasteiger charge is -2.36. The molecule has 2 aliphatic rings. The minimum Gasteiger partial charge on any atom is -0.313 e. The molecule has 1 fully saturated rings. The van der Waals surface area contributed by atoms with E-state index in [-0.39, 0.29) is 0 Å². The Morgan fingerprint density at radius 3 is 2.80 bits per heavy atom. The van der Waals surface area contributed by atoms with Gasteiger partial charge in [-0.05, 0) is 60.8 Å². The van der Waals surface area contributed by atoms with Crippen molar-refractivity contribution in [1.29, 1.82) is 0 Å². The van der Waals surface area contributed by atoms with Gasteiger partial charge in [0.05, 0.1) is 0 Å².